The van der Waals surface area contributed by atoms with Crippen LogP contribution in [-0.4, -0.2) is 51.0 Å². The van der Waals surface area contributed by atoms with Gasteiger partial charge in [0.1, 0.15) is 0 Å². The van der Waals surface area contributed by atoms with Crippen molar-refractivity contribution in [1.29, 1.82) is 0 Å². The third-order valence-electron chi connectivity index (χ3n) is 2.90. The minimum atomic E-state index is 0.123. The highest BCUT2D eigenvalue weighted by atomic mass is 16.3. The Kier molecular flexibility index (Phi) is 3.93. The van der Waals surface area contributed by atoms with Gasteiger partial charge in [-0.1, -0.05) is 0 Å². The number of aliphatic hydroxyl groups excluding tert-OH is 2. The largest absolute Gasteiger partial charge is 0.395 e. The maximum atomic E-state index is 8.94. The van der Waals surface area contributed by atoms with Gasteiger partial charge in [0.05, 0.1) is 25.2 Å². The number of hydrogen-bond donors (Lipinski definition) is 2. The van der Waals surface area contributed by atoms with Crippen molar-refractivity contribution < 1.29 is 10.2 Å². The highest BCUT2D eigenvalue weighted by Gasteiger charge is 2.25. The summed E-state index contributed by atoms with van der Waals surface area (Å²) in [6.07, 6.45) is 6.23. The highest BCUT2D eigenvalue weighted by molar-refractivity contribution is 5.03. The van der Waals surface area contributed by atoms with Crippen LogP contribution in [0.2, 0.25) is 0 Å². The molecule has 1 aliphatic carbocycles. The van der Waals surface area contributed by atoms with E-state index in [1.54, 1.807) is 0 Å². The Morgan fingerprint density at radius 2 is 2.00 bits per heavy atom. The predicted octanol–water partition coefficient (Wildman–Crippen LogP) is 0.00460. The molecule has 0 radical (unpaired) electrons. The van der Waals surface area contributed by atoms with Gasteiger partial charge < -0.3 is 14.8 Å². The van der Waals surface area contributed by atoms with Gasteiger partial charge in [-0.25, -0.2) is 4.98 Å². The molecule has 1 aromatic rings. The van der Waals surface area contributed by atoms with Crippen molar-refractivity contribution >= 4 is 0 Å². The second-order valence-corrected chi connectivity index (χ2v) is 4.25. The number of hydrogen-bond acceptors (Lipinski definition) is 4. The van der Waals surface area contributed by atoms with Crippen molar-refractivity contribution in [2.75, 3.05) is 26.3 Å². The fraction of sp³-hybridized carbons (Fsp3) is 0.727. The molecule has 16 heavy (non-hydrogen) atoms. The average molecular weight is 225 g/mol. The second kappa shape index (κ2) is 5.43. The average Bonchev–Trinajstić information content (AvgIpc) is 3.01. The Morgan fingerprint density at radius 1 is 1.31 bits per heavy atom. The van der Waals surface area contributed by atoms with Crippen molar-refractivity contribution in [3.63, 3.8) is 0 Å². The van der Waals surface area contributed by atoms with Crippen LogP contribution in [0.1, 0.15) is 24.6 Å². The summed E-state index contributed by atoms with van der Waals surface area (Å²) in [5, 5.41) is 17.9. The zero-order valence-electron chi connectivity index (χ0n) is 9.42. The summed E-state index contributed by atoms with van der Waals surface area (Å²) in [7, 11) is 0. The van der Waals surface area contributed by atoms with E-state index < -0.39 is 0 Å². The van der Waals surface area contributed by atoms with Crippen LogP contribution >= 0.6 is 0 Å². The first-order valence-electron chi connectivity index (χ1n) is 5.80. The molecule has 1 fully saturated rings. The molecule has 0 bridgehead atoms. The molecule has 2 rings (SSSR count). The molecule has 1 saturated carbocycles. The number of imidazole rings is 1. The normalized spacial score (nSPS) is 15.9. The third kappa shape index (κ3) is 2.81. The van der Waals surface area contributed by atoms with Crippen molar-refractivity contribution in [1.82, 2.24) is 14.5 Å². The van der Waals surface area contributed by atoms with Crippen LogP contribution in [0.25, 0.3) is 0 Å². The van der Waals surface area contributed by atoms with Crippen molar-refractivity contribution in [3.8, 4) is 0 Å². The van der Waals surface area contributed by atoms with Crippen LogP contribution in [0.4, 0.5) is 0 Å². The topological polar surface area (TPSA) is 61.5 Å². The van der Waals surface area contributed by atoms with E-state index in [2.05, 4.69) is 9.55 Å². The molecule has 0 saturated heterocycles. The van der Waals surface area contributed by atoms with E-state index in [1.165, 1.54) is 18.5 Å². The Bertz CT molecular complexity index is 317. The SMILES string of the molecule is OCCN(CCO)Cc1cncn1C1CC1. The van der Waals surface area contributed by atoms with Gasteiger partial charge in [-0.05, 0) is 12.8 Å². The number of aliphatic hydroxyl groups is 2. The maximum absolute atomic E-state index is 8.94. The van der Waals surface area contributed by atoms with Crippen LogP contribution in [0.5, 0.6) is 0 Å². The molecule has 0 unspecified atom stereocenters. The first-order valence-corrected chi connectivity index (χ1v) is 5.80. The monoisotopic (exact) mass is 225 g/mol. The molecule has 0 atom stereocenters. The lowest BCUT2D eigenvalue weighted by atomic mass is 10.3. The molecule has 0 amide bonds. The Labute approximate surface area is 95.3 Å². The Morgan fingerprint density at radius 3 is 2.56 bits per heavy atom. The summed E-state index contributed by atoms with van der Waals surface area (Å²) < 4.78 is 2.21. The molecular weight excluding hydrogens is 206 g/mol. The number of nitrogens with zero attached hydrogens (tertiary/aromatic N) is 3. The fourth-order valence-corrected chi connectivity index (χ4v) is 1.92. The lowest BCUT2D eigenvalue weighted by Crippen LogP contribution is -2.30. The Hall–Kier alpha value is -0.910. The minimum Gasteiger partial charge on any atom is -0.395 e. The van der Waals surface area contributed by atoms with Crippen LogP contribution in [0, 0.1) is 0 Å². The summed E-state index contributed by atoms with van der Waals surface area (Å²) in [5.74, 6) is 0. The van der Waals surface area contributed by atoms with Crippen molar-refractivity contribution in [3.05, 3.63) is 18.2 Å². The maximum Gasteiger partial charge on any atom is 0.0951 e. The van der Waals surface area contributed by atoms with E-state index in [1.807, 2.05) is 17.4 Å². The van der Waals surface area contributed by atoms with Gasteiger partial charge in [-0.15, -0.1) is 0 Å². The van der Waals surface area contributed by atoms with Gasteiger partial charge in [0, 0.05) is 31.9 Å². The molecule has 0 aromatic carbocycles. The zero-order chi connectivity index (χ0) is 11.4. The van der Waals surface area contributed by atoms with Gasteiger partial charge in [-0.3, -0.25) is 4.90 Å². The predicted molar refractivity (Wildman–Crippen MR) is 59.9 cm³/mol. The van der Waals surface area contributed by atoms with Crippen molar-refractivity contribution in [2.45, 2.75) is 25.4 Å². The first kappa shape index (κ1) is 11.6. The van der Waals surface area contributed by atoms with E-state index in [0.29, 0.717) is 19.1 Å². The summed E-state index contributed by atoms with van der Waals surface area (Å²) in [4.78, 5) is 6.21. The van der Waals surface area contributed by atoms with Crippen molar-refractivity contribution in [2.24, 2.45) is 0 Å². The molecular formula is C11H19N3O2. The minimum absolute atomic E-state index is 0.123. The van der Waals surface area contributed by atoms with E-state index >= 15 is 0 Å². The molecule has 90 valence electrons. The lowest BCUT2D eigenvalue weighted by molar-refractivity contribution is 0.153. The Balaban J connectivity index is 1.96. The van der Waals surface area contributed by atoms with Crippen LogP contribution in [0.3, 0.4) is 0 Å². The second-order valence-electron chi connectivity index (χ2n) is 4.25. The van der Waals surface area contributed by atoms with Crippen LogP contribution in [-0.2, 0) is 6.54 Å². The molecule has 1 heterocycles. The van der Waals surface area contributed by atoms with Gasteiger partial charge >= 0.3 is 0 Å². The zero-order valence-corrected chi connectivity index (χ0v) is 9.42. The summed E-state index contributed by atoms with van der Waals surface area (Å²) >= 11 is 0. The molecule has 1 aromatic heterocycles. The molecule has 5 nitrogen and oxygen atoms in total. The summed E-state index contributed by atoms with van der Waals surface area (Å²) in [6.45, 7) is 2.18. The molecule has 5 heteroatoms. The van der Waals surface area contributed by atoms with Gasteiger partial charge in [0.25, 0.3) is 0 Å². The van der Waals surface area contributed by atoms with Crippen LogP contribution < -0.4 is 0 Å². The van der Waals surface area contributed by atoms with E-state index in [0.717, 1.165) is 6.54 Å². The third-order valence-corrected chi connectivity index (χ3v) is 2.90. The summed E-state index contributed by atoms with van der Waals surface area (Å²) in [6, 6.07) is 0.627. The van der Waals surface area contributed by atoms with Gasteiger partial charge in [-0.2, -0.15) is 0 Å². The fourth-order valence-electron chi connectivity index (χ4n) is 1.92. The number of aromatic nitrogens is 2. The standard InChI is InChI=1S/C11H19N3O2/c15-5-3-13(4-6-16)8-11-7-12-9-14(11)10-1-2-10/h7,9-10,15-16H,1-6,8H2. The first-order chi connectivity index (χ1) is 7.85. The van der Waals surface area contributed by atoms with E-state index in [9.17, 15) is 0 Å². The molecule has 2 N–H and O–H groups in total. The van der Waals surface area contributed by atoms with E-state index in [-0.39, 0.29) is 13.2 Å². The van der Waals surface area contributed by atoms with Gasteiger partial charge in [0.15, 0.2) is 0 Å². The molecule has 0 aliphatic heterocycles. The van der Waals surface area contributed by atoms with E-state index in [4.69, 9.17) is 10.2 Å². The molecule has 1 aliphatic rings. The highest BCUT2D eigenvalue weighted by Crippen LogP contribution is 2.35. The smallest absolute Gasteiger partial charge is 0.0951 e. The lowest BCUT2D eigenvalue weighted by Gasteiger charge is -2.20. The molecule has 0 spiro atoms. The van der Waals surface area contributed by atoms with Crippen LogP contribution in [0.15, 0.2) is 12.5 Å². The summed E-state index contributed by atoms with van der Waals surface area (Å²) in [5.41, 5.74) is 1.17. The van der Waals surface area contributed by atoms with Gasteiger partial charge in [0.2, 0.25) is 0 Å². The number of rotatable bonds is 7. The quantitative estimate of drug-likeness (QED) is 0.686.